The van der Waals surface area contributed by atoms with Gasteiger partial charge in [-0.1, -0.05) is 24.9 Å². The Bertz CT molecular complexity index is 514. The Hall–Kier alpha value is -1.44. The fourth-order valence-corrected chi connectivity index (χ4v) is 1.99. The first-order valence-electron chi connectivity index (χ1n) is 7.11. The van der Waals surface area contributed by atoms with E-state index in [-0.39, 0.29) is 5.69 Å². The summed E-state index contributed by atoms with van der Waals surface area (Å²) in [4.78, 5) is 10.3. The first kappa shape index (κ1) is 18.6. The number of anilines is 1. The highest BCUT2D eigenvalue weighted by atomic mass is 35.5. The number of halogens is 1. The number of rotatable bonds is 9. The first-order chi connectivity index (χ1) is 10.5. The van der Waals surface area contributed by atoms with Crippen molar-refractivity contribution in [3.05, 3.63) is 33.3 Å². The predicted molar refractivity (Wildman–Crippen MR) is 92.7 cm³/mol. The maximum atomic E-state index is 10.7. The summed E-state index contributed by atoms with van der Waals surface area (Å²) in [6, 6.07) is 4.16. The van der Waals surface area contributed by atoms with Gasteiger partial charge >= 0.3 is 0 Å². The molecule has 6 nitrogen and oxygen atoms in total. The van der Waals surface area contributed by atoms with Crippen LogP contribution < -0.4 is 10.6 Å². The Morgan fingerprint density at radius 3 is 2.82 bits per heavy atom. The Morgan fingerprint density at radius 1 is 1.41 bits per heavy atom. The van der Waals surface area contributed by atoms with Crippen LogP contribution in [0.2, 0.25) is 5.02 Å². The van der Waals surface area contributed by atoms with Crippen molar-refractivity contribution in [2.45, 2.75) is 26.2 Å². The molecule has 1 aromatic rings. The summed E-state index contributed by atoms with van der Waals surface area (Å²) in [7, 11) is 0. The lowest BCUT2D eigenvalue weighted by atomic mass is 10.3. The zero-order valence-corrected chi connectivity index (χ0v) is 14.0. The van der Waals surface area contributed by atoms with Gasteiger partial charge in [0.2, 0.25) is 0 Å². The molecular formula is C14H20ClN3O3S. The highest BCUT2D eigenvalue weighted by Crippen LogP contribution is 2.26. The van der Waals surface area contributed by atoms with Gasteiger partial charge in [0.15, 0.2) is 5.11 Å². The lowest BCUT2D eigenvalue weighted by Crippen LogP contribution is -2.30. The van der Waals surface area contributed by atoms with Crippen molar-refractivity contribution in [1.82, 2.24) is 5.32 Å². The van der Waals surface area contributed by atoms with E-state index in [1.807, 2.05) is 0 Å². The molecule has 122 valence electrons. The monoisotopic (exact) mass is 345 g/mol. The summed E-state index contributed by atoms with van der Waals surface area (Å²) < 4.78 is 5.44. The average Bonchev–Trinajstić information content (AvgIpc) is 2.48. The van der Waals surface area contributed by atoms with Crippen LogP contribution in [0.25, 0.3) is 0 Å². The van der Waals surface area contributed by atoms with Gasteiger partial charge in [-0.15, -0.1) is 0 Å². The molecule has 0 bridgehead atoms. The molecular weight excluding hydrogens is 326 g/mol. The number of hydrogen-bond acceptors (Lipinski definition) is 4. The van der Waals surface area contributed by atoms with Crippen molar-refractivity contribution in [2.75, 3.05) is 25.1 Å². The molecule has 8 heteroatoms. The quantitative estimate of drug-likeness (QED) is 0.307. The molecule has 0 atom stereocenters. The normalized spacial score (nSPS) is 10.3. The Morgan fingerprint density at radius 2 is 2.14 bits per heavy atom. The zero-order chi connectivity index (χ0) is 16.4. The molecule has 0 aliphatic rings. The summed E-state index contributed by atoms with van der Waals surface area (Å²) in [5, 5.41) is 17.4. The second-order valence-corrected chi connectivity index (χ2v) is 5.44. The number of unbranched alkanes of at least 4 members (excludes halogenated alkanes) is 1. The molecule has 1 rings (SSSR count). The van der Waals surface area contributed by atoms with E-state index in [2.05, 4.69) is 17.6 Å². The molecule has 0 spiro atoms. The maximum absolute atomic E-state index is 10.7. The molecule has 0 fully saturated rings. The summed E-state index contributed by atoms with van der Waals surface area (Å²) in [6.07, 6.45) is 3.02. The van der Waals surface area contributed by atoms with Crippen LogP contribution in [0.4, 0.5) is 11.4 Å². The first-order valence-corrected chi connectivity index (χ1v) is 7.89. The summed E-state index contributed by atoms with van der Waals surface area (Å²) in [6.45, 7) is 4.23. The largest absolute Gasteiger partial charge is 0.381 e. The highest BCUT2D eigenvalue weighted by Gasteiger charge is 2.10. The van der Waals surface area contributed by atoms with Crippen molar-refractivity contribution in [3.63, 3.8) is 0 Å². The van der Waals surface area contributed by atoms with Crippen LogP contribution in [0.3, 0.4) is 0 Å². The molecule has 0 heterocycles. The summed E-state index contributed by atoms with van der Waals surface area (Å²) >= 11 is 11.1. The van der Waals surface area contributed by atoms with Crippen LogP contribution in [0.15, 0.2) is 18.2 Å². The van der Waals surface area contributed by atoms with Crippen LogP contribution in [0, 0.1) is 10.1 Å². The van der Waals surface area contributed by atoms with Gasteiger partial charge in [0.05, 0.1) is 15.6 Å². The van der Waals surface area contributed by atoms with Crippen LogP contribution in [-0.2, 0) is 4.74 Å². The Balaban J connectivity index is 2.33. The van der Waals surface area contributed by atoms with Gasteiger partial charge in [0, 0.05) is 31.9 Å². The molecule has 0 radical (unpaired) electrons. The lowest BCUT2D eigenvalue weighted by Gasteiger charge is -2.11. The van der Waals surface area contributed by atoms with Crippen LogP contribution in [0.5, 0.6) is 0 Å². The molecule has 1 aromatic carbocycles. The van der Waals surface area contributed by atoms with Gasteiger partial charge in [-0.2, -0.15) is 0 Å². The van der Waals surface area contributed by atoms with E-state index in [0.29, 0.717) is 29.0 Å². The Kier molecular flexibility index (Phi) is 8.72. The van der Waals surface area contributed by atoms with Crippen LogP contribution in [-0.4, -0.2) is 29.8 Å². The van der Waals surface area contributed by atoms with E-state index in [4.69, 9.17) is 28.6 Å². The fraction of sp³-hybridized carbons (Fsp3) is 0.500. The SMILES string of the molecule is CCCCOCCCNC(=S)Nc1cc([N+](=O)[O-])ccc1Cl. The number of benzene rings is 1. The predicted octanol–water partition coefficient (Wildman–Crippen LogP) is 3.74. The van der Waals surface area contributed by atoms with Gasteiger partial charge in [0.25, 0.3) is 5.69 Å². The van der Waals surface area contributed by atoms with Crippen molar-refractivity contribution in [1.29, 1.82) is 0 Å². The van der Waals surface area contributed by atoms with Gasteiger partial charge in [-0.25, -0.2) is 0 Å². The van der Waals surface area contributed by atoms with Gasteiger partial charge in [0.1, 0.15) is 0 Å². The standard InChI is InChI=1S/C14H20ClN3O3S/c1-2-3-8-21-9-4-7-16-14(22)17-13-10-11(18(19)20)5-6-12(13)15/h5-6,10H,2-4,7-9H2,1H3,(H2,16,17,22). The van der Waals surface area contributed by atoms with E-state index < -0.39 is 4.92 Å². The number of ether oxygens (including phenoxy) is 1. The molecule has 0 unspecified atom stereocenters. The topological polar surface area (TPSA) is 76.4 Å². The average molecular weight is 346 g/mol. The van der Waals surface area contributed by atoms with Crippen molar-refractivity contribution in [2.24, 2.45) is 0 Å². The minimum Gasteiger partial charge on any atom is -0.381 e. The number of nitrogens with one attached hydrogen (secondary N) is 2. The minimum absolute atomic E-state index is 0.0426. The molecule has 0 saturated carbocycles. The third kappa shape index (κ3) is 7.02. The number of nitrogens with zero attached hydrogens (tertiary/aromatic N) is 1. The fourth-order valence-electron chi connectivity index (χ4n) is 1.61. The number of nitro benzene ring substituents is 1. The van der Waals surface area contributed by atoms with Gasteiger partial charge in [-0.3, -0.25) is 10.1 Å². The second-order valence-electron chi connectivity index (χ2n) is 4.62. The maximum Gasteiger partial charge on any atom is 0.271 e. The zero-order valence-electron chi connectivity index (χ0n) is 12.4. The highest BCUT2D eigenvalue weighted by molar-refractivity contribution is 7.80. The molecule has 0 aromatic heterocycles. The number of hydrogen-bond donors (Lipinski definition) is 2. The lowest BCUT2D eigenvalue weighted by molar-refractivity contribution is -0.384. The molecule has 0 amide bonds. The van der Waals surface area contributed by atoms with Crippen molar-refractivity contribution >= 4 is 40.3 Å². The molecule has 0 aliphatic heterocycles. The van der Waals surface area contributed by atoms with E-state index in [0.717, 1.165) is 25.9 Å². The number of thiocarbonyl (C=S) groups is 1. The molecule has 0 aliphatic carbocycles. The third-order valence-electron chi connectivity index (χ3n) is 2.80. The van der Waals surface area contributed by atoms with Crippen LogP contribution in [0.1, 0.15) is 26.2 Å². The number of non-ortho nitro benzene ring substituents is 1. The Labute approximate surface area is 140 Å². The summed E-state index contributed by atoms with van der Waals surface area (Å²) in [5.41, 5.74) is 0.367. The van der Waals surface area contributed by atoms with E-state index in [1.165, 1.54) is 18.2 Å². The van der Waals surface area contributed by atoms with Gasteiger partial charge < -0.3 is 15.4 Å². The molecule has 0 saturated heterocycles. The second kappa shape index (κ2) is 10.3. The van der Waals surface area contributed by atoms with Crippen molar-refractivity contribution < 1.29 is 9.66 Å². The third-order valence-corrected chi connectivity index (χ3v) is 3.38. The van der Waals surface area contributed by atoms with Gasteiger partial charge in [-0.05, 0) is 31.1 Å². The van der Waals surface area contributed by atoms with Crippen LogP contribution >= 0.6 is 23.8 Å². The van der Waals surface area contributed by atoms with E-state index in [1.54, 1.807) is 0 Å². The number of nitro groups is 1. The smallest absolute Gasteiger partial charge is 0.271 e. The van der Waals surface area contributed by atoms with Crippen molar-refractivity contribution in [3.8, 4) is 0 Å². The minimum atomic E-state index is -0.481. The summed E-state index contributed by atoms with van der Waals surface area (Å²) in [5.74, 6) is 0. The van der Waals surface area contributed by atoms with E-state index in [9.17, 15) is 10.1 Å². The molecule has 2 N–H and O–H groups in total. The van der Waals surface area contributed by atoms with E-state index >= 15 is 0 Å². The molecule has 22 heavy (non-hydrogen) atoms.